The van der Waals surface area contributed by atoms with Gasteiger partial charge in [-0.05, 0) is 354 Å². The average Bonchev–Trinajstić information content (AvgIpc) is 1.61. The van der Waals surface area contributed by atoms with Crippen molar-refractivity contribution in [2.24, 2.45) is 0 Å². The molecule has 27 rings (SSSR count). The first-order chi connectivity index (χ1) is 71.2. The zero-order valence-electron chi connectivity index (χ0n) is 82.0. The van der Waals surface area contributed by atoms with Crippen LogP contribution in [0.3, 0.4) is 0 Å². The number of nitrogens with zero attached hydrogens (tertiary/aromatic N) is 11. The number of nitriles is 3. The lowest BCUT2D eigenvalue weighted by Crippen LogP contribution is -1.85. The van der Waals surface area contributed by atoms with Crippen LogP contribution in [0.1, 0.15) is 156 Å². The molecule has 11 nitrogen and oxygen atoms in total. The highest BCUT2D eigenvalue weighted by atomic mass is 14.7. The molecule has 0 aliphatic heterocycles. The Kier molecular flexibility index (Phi) is 27.0. The summed E-state index contributed by atoms with van der Waals surface area (Å²) in [6.45, 7) is 71.7. The number of hydrogen-bond donors (Lipinski definition) is 0. The number of fused-ring (bicyclic) bond motifs is 27. The smallest absolute Gasteiger partial charge is 0.205 e. The van der Waals surface area contributed by atoms with Crippen LogP contribution in [0.2, 0.25) is 0 Å². The Balaban J connectivity index is 0.000000104. The highest BCUT2D eigenvalue weighted by Crippen LogP contribution is 2.51. The molecule has 0 fully saturated rings. The summed E-state index contributed by atoms with van der Waals surface area (Å²) in [5.74, 6) is 0. The van der Waals surface area contributed by atoms with E-state index in [0.29, 0.717) is 22.5 Å². The van der Waals surface area contributed by atoms with Gasteiger partial charge in [0.15, 0.2) is 39.8 Å². The molecule has 0 radical (unpaired) electrons. The summed E-state index contributed by atoms with van der Waals surface area (Å²) in [5.41, 5.74) is 62.0. The second-order valence-electron chi connectivity index (χ2n) is 37.9. The van der Waals surface area contributed by atoms with E-state index in [-0.39, 0.29) is 0 Å². The molecule has 11 heteroatoms. The summed E-state index contributed by atoms with van der Waals surface area (Å²) >= 11 is 0. The van der Waals surface area contributed by atoms with Gasteiger partial charge in [-0.2, -0.15) is 15.8 Å². The normalized spacial score (nSPS) is 11.6. The standard InChI is InChI=1S/2C15H8N2.7C15H11N/c1-17-13-7-3-5-11-8-10-4-2-6-12(9-16)14(10)15(11)13;1-17-14-7-6-11-8-10-4-2-3-5-12(10)15(11)13(14)9-16;1-10-3-6-14-12(7-10)8-11-4-5-13(16-2)9-15(11)14;1-10-3-5-14-11(7-10)8-12-9-13(16-2)4-6-15(12)14;1-10-5-3-6-11-12-7-4-8-15(16-2)14(12)9-13(10)11;1-10-3-4-11-8-12-5-6-13(16-2)9-15(12)14(11)7-10;1-10-4-3-5-14-13-7-6-12(16-2)8-11(13)9-15(10)14;1-10-4-3-5-13-14(10)8-11-6-7-12(16-2)9-15(11)13;1-10-4-2-7-13-14(10)8-11-5-3-6-12(9-16)15(11)13/h2*2-7H,8H2;2*3-7,9H,8H2,1H3;3-8H,9H2,1H3;3-7,9H,8H2,1H3;3-8H,9H2,1H3;3-7,9H,8H2,1H3;2-7H,8H2,1H3. The third kappa shape index (κ3) is 18.7. The molecule has 0 spiro atoms. The van der Waals surface area contributed by atoms with E-state index in [1.165, 1.54) is 195 Å². The summed E-state index contributed by atoms with van der Waals surface area (Å²) in [7, 11) is 0. The van der Waals surface area contributed by atoms with Gasteiger partial charge in [-0.15, -0.1) is 0 Å². The minimum Gasteiger partial charge on any atom is -0.238 e. The highest BCUT2D eigenvalue weighted by molar-refractivity contribution is 5.93. The summed E-state index contributed by atoms with van der Waals surface area (Å²) in [6.07, 6.45) is 8.52. The van der Waals surface area contributed by atoms with Gasteiger partial charge in [-0.25, -0.2) is 38.8 Å². The lowest BCUT2D eigenvalue weighted by Gasteiger charge is -2.05. The molecule has 0 atom stereocenters. The Bertz CT molecular complexity index is 8930. The maximum Gasteiger partial charge on any atom is 0.205 e. The Hall–Kier alpha value is -19.7. The maximum absolute atomic E-state index is 9.25. The largest absolute Gasteiger partial charge is 0.238 e. The van der Waals surface area contributed by atoms with E-state index in [2.05, 4.69) is 281 Å². The van der Waals surface area contributed by atoms with E-state index in [9.17, 15) is 5.26 Å². The monoisotopic (exact) mass is 1870 g/mol. The predicted octanol–water partition coefficient (Wildman–Crippen LogP) is 35.5. The fraction of sp³-hybridized carbons (Fsp3) is 0.119. The topological polar surface area (TPSA) is 106 Å². The minimum absolute atomic E-state index is 0.447. The van der Waals surface area contributed by atoms with Crippen molar-refractivity contribution in [1.82, 2.24) is 0 Å². The van der Waals surface area contributed by atoms with Crippen molar-refractivity contribution in [3.8, 4) is 118 Å². The molecule has 9 aliphatic rings. The van der Waals surface area contributed by atoms with Gasteiger partial charge in [0.1, 0.15) is 0 Å². The second-order valence-corrected chi connectivity index (χ2v) is 37.9. The first-order valence-electron chi connectivity index (χ1n) is 48.5. The minimum atomic E-state index is 0.447. The molecule has 0 bridgehead atoms. The number of rotatable bonds is 0. The SMILES string of the molecule is Cc1cccc2c1Cc1cccc(C#N)c1-2.[C-]#[N+]c1ccc2c(c1)-c1cc(C)ccc1C2.[C-]#[N+]c1ccc2c(c1)-c1ccc(C)cc1C2.[C-]#[N+]c1ccc2c(c1)-c1cccc(C)c1C2.[C-]#[N+]c1ccc2c(c1)Cc1c(C)cccc1-2.[C-]#[N+]c1ccc2c(c1)Cc1cc(C)ccc1-2.[C-]#[N+]c1ccc2c(c1C#N)-c1ccccc1C2.[C-]#[N+]c1cccc2c1-c1c(C#N)cccc1C2.[C-]#[N+]c1cccc2c1Cc1c(C)cccc1-2. The quantitative estimate of drug-likeness (QED) is 0.141. The average molecular weight is 1870 g/mol. The first-order valence-corrected chi connectivity index (χ1v) is 48.5. The predicted molar refractivity (Wildman–Crippen MR) is 590 cm³/mol. The van der Waals surface area contributed by atoms with Crippen molar-refractivity contribution < 1.29 is 0 Å². The molecular weight excluding hydrogens is 1780 g/mol. The molecular formula is C135H93N11. The maximum atomic E-state index is 9.25. The van der Waals surface area contributed by atoms with Gasteiger partial charge in [0.2, 0.25) is 5.69 Å². The molecule has 0 saturated carbocycles. The van der Waals surface area contributed by atoms with Crippen LogP contribution in [0.15, 0.2) is 328 Å². The number of hydrogen-bond acceptors (Lipinski definition) is 3. The van der Waals surface area contributed by atoms with Crippen LogP contribution >= 0.6 is 0 Å². The molecule has 0 N–H and O–H groups in total. The van der Waals surface area contributed by atoms with Crippen LogP contribution in [0.4, 0.5) is 45.5 Å². The van der Waals surface area contributed by atoms with E-state index < -0.39 is 0 Å². The number of aryl methyl sites for hydroxylation is 7. The van der Waals surface area contributed by atoms with Gasteiger partial charge in [0.05, 0.1) is 87.5 Å². The third-order valence-electron chi connectivity index (χ3n) is 29.0. The highest BCUT2D eigenvalue weighted by Gasteiger charge is 2.30. The molecule has 9 aliphatic carbocycles. The van der Waals surface area contributed by atoms with E-state index in [4.69, 9.17) is 63.1 Å². The first kappa shape index (κ1) is 95.3. The molecule has 0 unspecified atom stereocenters. The summed E-state index contributed by atoms with van der Waals surface area (Å²) < 4.78 is 0. The van der Waals surface area contributed by atoms with Gasteiger partial charge in [0.25, 0.3) is 0 Å². The van der Waals surface area contributed by atoms with Gasteiger partial charge < -0.3 is 0 Å². The molecule has 0 saturated heterocycles. The van der Waals surface area contributed by atoms with Crippen LogP contribution in [0, 0.1) is 135 Å². The van der Waals surface area contributed by atoms with Crippen molar-refractivity contribution in [1.29, 1.82) is 15.8 Å². The van der Waals surface area contributed by atoms with Crippen LogP contribution < -0.4 is 0 Å². The van der Waals surface area contributed by atoms with E-state index in [1.807, 2.05) is 146 Å². The molecule has 18 aromatic rings. The van der Waals surface area contributed by atoms with Crippen molar-refractivity contribution in [2.45, 2.75) is 106 Å². The van der Waals surface area contributed by atoms with Crippen LogP contribution in [-0.4, -0.2) is 0 Å². The van der Waals surface area contributed by atoms with Gasteiger partial charge in [-0.3, -0.25) is 0 Å². The Morgan fingerprint density at radius 3 is 1.04 bits per heavy atom. The third-order valence-corrected chi connectivity index (χ3v) is 29.0. The summed E-state index contributed by atoms with van der Waals surface area (Å²) in [5, 5.41) is 27.6. The van der Waals surface area contributed by atoms with Gasteiger partial charge in [0, 0.05) is 5.56 Å². The van der Waals surface area contributed by atoms with Crippen molar-refractivity contribution >= 4 is 45.5 Å². The molecule has 18 aromatic carbocycles. The summed E-state index contributed by atoms with van der Waals surface area (Å²) in [6, 6.07) is 117. The van der Waals surface area contributed by atoms with Crippen molar-refractivity contribution in [3.63, 3.8) is 0 Å². The Labute approximate surface area is 854 Å². The lowest BCUT2D eigenvalue weighted by atomic mass is 9.99. The van der Waals surface area contributed by atoms with Crippen LogP contribution in [0.25, 0.3) is 139 Å². The van der Waals surface area contributed by atoms with E-state index in [1.54, 1.807) is 6.07 Å². The zero-order chi connectivity index (χ0) is 102. The van der Waals surface area contributed by atoms with Gasteiger partial charge >= 0.3 is 0 Å². The fourth-order valence-electron chi connectivity index (χ4n) is 21.8. The second kappa shape index (κ2) is 41.4. The van der Waals surface area contributed by atoms with Gasteiger partial charge in [-0.1, -0.05) is 314 Å². The van der Waals surface area contributed by atoms with Crippen molar-refractivity contribution in [3.05, 3.63) is 575 Å². The molecule has 146 heavy (non-hydrogen) atoms. The van der Waals surface area contributed by atoms with E-state index in [0.717, 1.165) is 142 Å². The molecule has 688 valence electrons. The zero-order valence-corrected chi connectivity index (χ0v) is 82.0. The van der Waals surface area contributed by atoms with Crippen LogP contribution in [0.5, 0.6) is 0 Å². The lowest BCUT2D eigenvalue weighted by molar-refractivity contribution is 1.22. The van der Waals surface area contributed by atoms with Crippen molar-refractivity contribution in [2.75, 3.05) is 0 Å². The molecule has 0 heterocycles. The molecule has 0 amide bonds. The molecule has 0 aromatic heterocycles. The van der Waals surface area contributed by atoms with E-state index >= 15 is 0 Å². The number of benzene rings is 18. The summed E-state index contributed by atoms with van der Waals surface area (Å²) in [4.78, 5) is 28.0. The fourth-order valence-corrected chi connectivity index (χ4v) is 21.8. The Morgan fingerprint density at radius 1 is 0.185 bits per heavy atom. The van der Waals surface area contributed by atoms with Crippen LogP contribution in [-0.2, 0) is 57.8 Å². The Morgan fingerprint density at radius 2 is 0.493 bits per heavy atom.